The molecule has 0 fully saturated rings. The van der Waals surface area contributed by atoms with Gasteiger partial charge < -0.3 is 4.74 Å². The number of aromatic nitrogens is 5. The van der Waals surface area contributed by atoms with Crippen molar-refractivity contribution >= 4 is 30.6 Å². The van der Waals surface area contributed by atoms with Crippen LogP contribution in [0.1, 0.15) is 5.69 Å². The lowest BCUT2D eigenvalue weighted by Crippen LogP contribution is -2.22. The summed E-state index contributed by atoms with van der Waals surface area (Å²) in [4.78, 5) is 0. The number of hydrogen-bond acceptors (Lipinski definition) is 4. The van der Waals surface area contributed by atoms with E-state index in [0.717, 1.165) is 40.5 Å². The van der Waals surface area contributed by atoms with Crippen LogP contribution < -0.4 is 0 Å². The van der Waals surface area contributed by atoms with Crippen LogP contribution >= 0.6 is 11.6 Å². The third kappa shape index (κ3) is 3.53. The molecule has 0 aliphatic carbocycles. The van der Waals surface area contributed by atoms with Gasteiger partial charge in [0.1, 0.15) is 6.73 Å². The molecular formula is C16H22ClN5OSi. The first kappa shape index (κ1) is 17.1. The second kappa shape index (κ2) is 6.66. The molecule has 2 heterocycles. The van der Waals surface area contributed by atoms with Crippen LogP contribution in [-0.4, -0.2) is 39.9 Å². The molecule has 0 saturated carbocycles. The Balaban J connectivity index is 1.92. The molecule has 24 heavy (non-hydrogen) atoms. The molecule has 1 N–H and O–H groups in total. The zero-order valence-corrected chi connectivity index (χ0v) is 16.2. The number of benzene rings is 1. The predicted octanol–water partition coefficient (Wildman–Crippen LogP) is 4.10. The highest BCUT2D eigenvalue weighted by molar-refractivity contribution is 6.76. The fourth-order valence-electron chi connectivity index (χ4n) is 2.64. The average Bonchev–Trinajstić information content (AvgIpc) is 3.13. The number of H-pyrrole nitrogens is 1. The van der Waals surface area contributed by atoms with Crippen molar-refractivity contribution in [2.24, 2.45) is 0 Å². The molecule has 0 bridgehead atoms. The number of fused-ring (bicyclic) bond motifs is 1. The number of halogens is 1. The third-order valence-electron chi connectivity index (χ3n) is 3.93. The van der Waals surface area contributed by atoms with Gasteiger partial charge in [-0.2, -0.15) is 5.10 Å². The second-order valence-corrected chi connectivity index (χ2v) is 13.2. The number of aromatic amines is 1. The molecule has 0 radical (unpaired) electrons. The van der Waals surface area contributed by atoms with Crippen molar-refractivity contribution in [3.05, 3.63) is 29.0 Å². The van der Waals surface area contributed by atoms with Crippen molar-refractivity contribution < 1.29 is 4.74 Å². The van der Waals surface area contributed by atoms with E-state index in [1.807, 2.05) is 23.7 Å². The quantitative estimate of drug-likeness (QED) is 0.529. The summed E-state index contributed by atoms with van der Waals surface area (Å²) in [7, 11) is -1.10. The van der Waals surface area contributed by atoms with Crippen LogP contribution in [0.2, 0.25) is 30.7 Å². The average molecular weight is 364 g/mol. The van der Waals surface area contributed by atoms with Gasteiger partial charge in [-0.15, -0.1) is 5.10 Å². The highest BCUT2D eigenvalue weighted by atomic mass is 35.5. The van der Waals surface area contributed by atoms with Gasteiger partial charge in [-0.1, -0.05) is 42.5 Å². The van der Waals surface area contributed by atoms with Crippen molar-refractivity contribution in [1.29, 1.82) is 0 Å². The molecular weight excluding hydrogens is 342 g/mol. The molecule has 6 nitrogen and oxygen atoms in total. The lowest BCUT2D eigenvalue weighted by molar-refractivity contribution is 0.0815. The Kier molecular flexibility index (Phi) is 4.75. The van der Waals surface area contributed by atoms with Gasteiger partial charge in [-0.25, -0.2) is 4.68 Å². The number of nitrogens with one attached hydrogen (secondary N) is 1. The third-order valence-corrected chi connectivity index (χ3v) is 5.94. The Morgan fingerprint density at radius 1 is 1.29 bits per heavy atom. The standard InChI is InChI=1S/C16H22ClN5OSi/c1-11-15-12(14-9-18-21-19-14)5-6-13(17)16(15)22(20-11)10-23-7-8-24(2,3)4/h5-6,9H,7-8,10H2,1-4H3,(H,18,19,21). The van der Waals surface area contributed by atoms with Crippen LogP contribution in [0.5, 0.6) is 0 Å². The normalized spacial score (nSPS) is 12.2. The summed E-state index contributed by atoms with van der Waals surface area (Å²) in [5.41, 5.74) is 3.63. The molecule has 0 saturated heterocycles. The van der Waals surface area contributed by atoms with Gasteiger partial charge in [0.15, 0.2) is 0 Å². The summed E-state index contributed by atoms with van der Waals surface area (Å²) in [6.45, 7) is 10.1. The summed E-state index contributed by atoms with van der Waals surface area (Å²) >= 11 is 6.44. The summed E-state index contributed by atoms with van der Waals surface area (Å²) in [6, 6.07) is 4.97. The van der Waals surface area contributed by atoms with Crippen LogP contribution in [0.25, 0.3) is 22.2 Å². The molecule has 3 rings (SSSR count). The van der Waals surface area contributed by atoms with Gasteiger partial charge in [0.05, 0.1) is 28.1 Å². The first-order chi connectivity index (χ1) is 11.4. The van der Waals surface area contributed by atoms with E-state index >= 15 is 0 Å². The van der Waals surface area contributed by atoms with Crippen LogP contribution in [-0.2, 0) is 11.5 Å². The largest absolute Gasteiger partial charge is 0.360 e. The van der Waals surface area contributed by atoms with E-state index in [1.54, 1.807) is 6.20 Å². The molecule has 0 amide bonds. The van der Waals surface area contributed by atoms with Crippen molar-refractivity contribution in [2.45, 2.75) is 39.3 Å². The van der Waals surface area contributed by atoms with E-state index < -0.39 is 8.07 Å². The van der Waals surface area contributed by atoms with Crippen molar-refractivity contribution in [3.63, 3.8) is 0 Å². The number of hydrogen-bond donors (Lipinski definition) is 1. The van der Waals surface area contributed by atoms with Gasteiger partial charge in [0.2, 0.25) is 0 Å². The van der Waals surface area contributed by atoms with Crippen molar-refractivity contribution in [1.82, 2.24) is 25.2 Å². The maximum absolute atomic E-state index is 6.44. The van der Waals surface area contributed by atoms with Crippen molar-refractivity contribution in [3.8, 4) is 11.3 Å². The monoisotopic (exact) mass is 363 g/mol. The summed E-state index contributed by atoms with van der Waals surface area (Å²) in [5, 5.41) is 16.8. The van der Waals surface area contributed by atoms with E-state index in [2.05, 4.69) is 40.2 Å². The molecule has 3 aromatic rings. The number of aryl methyl sites for hydroxylation is 1. The summed E-state index contributed by atoms with van der Waals surface area (Å²) in [6.07, 6.45) is 1.70. The minimum Gasteiger partial charge on any atom is -0.360 e. The maximum Gasteiger partial charge on any atom is 0.140 e. The highest BCUT2D eigenvalue weighted by Crippen LogP contribution is 2.34. The zero-order valence-electron chi connectivity index (χ0n) is 14.4. The molecule has 8 heteroatoms. The molecule has 128 valence electrons. The van der Waals surface area contributed by atoms with Crippen LogP contribution in [0, 0.1) is 6.92 Å². The molecule has 0 spiro atoms. The van der Waals surface area contributed by atoms with E-state index in [4.69, 9.17) is 16.3 Å². The fourth-order valence-corrected chi connectivity index (χ4v) is 3.65. The van der Waals surface area contributed by atoms with Gasteiger partial charge in [-0.3, -0.25) is 5.10 Å². The lowest BCUT2D eigenvalue weighted by Gasteiger charge is -2.15. The Labute approximate surface area is 147 Å². The van der Waals surface area contributed by atoms with Gasteiger partial charge in [0.25, 0.3) is 0 Å². The van der Waals surface area contributed by atoms with Crippen LogP contribution in [0.3, 0.4) is 0 Å². The Hall–Kier alpha value is -1.70. The number of rotatable bonds is 6. The first-order valence-electron chi connectivity index (χ1n) is 7.96. The Morgan fingerprint density at radius 2 is 2.08 bits per heavy atom. The minimum atomic E-state index is -1.10. The molecule has 0 atom stereocenters. The summed E-state index contributed by atoms with van der Waals surface area (Å²) < 4.78 is 7.68. The lowest BCUT2D eigenvalue weighted by atomic mass is 10.1. The Bertz CT molecular complexity index is 838. The van der Waals surface area contributed by atoms with Gasteiger partial charge in [-0.05, 0) is 19.0 Å². The smallest absolute Gasteiger partial charge is 0.140 e. The second-order valence-electron chi connectivity index (χ2n) is 7.12. The molecule has 1 aromatic carbocycles. The first-order valence-corrected chi connectivity index (χ1v) is 12.0. The molecule has 2 aromatic heterocycles. The topological polar surface area (TPSA) is 68.6 Å². The van der Waals surface area contributed by atoms with E-state index in [-0.39, 0.29) is 0 Å². The SMILES string of the molecule is Cc1nn(COCC[Si](C)(C)C)c2c(Cl)ccc(-c3cnn[nH]3)c12. The molecule has 0 unspecified atom stereocenters. The minimum absolute atomic E-state index is 0.402. The number of ether oxygens (including phenoxy) is 1. The van der Waals surface area contributed by atoms with E-state index in [9.17, 15) is 0 Å². The zero-order chi connectivity index (χ0) is 17.3. The summed E-state index contributed by atoms with van der Waals surface area (Å²) in [5.74, 6) is 0. The van der Waals surface area contributed by atoms with E-state index in [0.29, 0.717) is 11.8 Å². The maximum atomic E-state index is 6.44. The van der Waals surface area contributed by atoms with Gasteiger partial charge in [0, 0.05) is 25.6 Å². The predicted molar refractivity (Wildman–Crippen MR) is 99.0 cm³/mol. The molecule has 0 aliphatic rings. The highest BCUT2D eigenvalue weighted by Gasteiger charge is 2.17. The van der Waals surface area contributed by atoms with Gasteiger partial charge >= 0.3 is 0 Å². The fraction of sp³-hybridized carbons (Fsp3) is 0.438. The Morgan fingerprint density at radius 3 is 2.75 bits per heavy atom. The van der Waals surface area contributed by atoms with E-state index in [1.165, 1.54) is 0 Å². The molecule has 0 aliphatic heterocycles. The van der Waals surface area contributed by atoms with Crippen LogP contribution in [0.4, 0.5) is 0 Å². The van der Waals surface area contributed by atoms with Crippen molar-refractivity contribution in [2.75, 3.05) is 6.61 Å². The number of nitrogens with zero attached hydrogens (tertiary/aromatic N) is 4. The van der Waals surface area contributed by atoms with Crippen LogP contribution in [0.15, 0.2) is 18.3 Å².